The van der Waals surface area contributed by atoms with Gasteiger partial charge in [0.15, 0.2) is 23.0 Å². The van der Waals surface area contributed by atoms with Crippen molar-refractivity contribution >= 4 is 28.2 Å². The van der Waals surface area contributed by atoms with Gasteiger partial charge in [-0.3, -0.25) is 4.68 Å². The first-order valence-corrected chi connectivity index (χ1v) is 11.3. The molecule has 180 valence electrons. The minimum atomic E-state index is -0.492. The lowest BCUT2D eigenvalue weighted by atomic mass is 9.92. The number of fused-ring (bicyclic) bond motifs is 3. The summed E-state index contributed by atoms with van der Waals surface area (Å²) >= 11 is 0. The highest BCUT2D eigenvalue weighted by atomic mass is 19.1. The van der Waals surface area contributed by atoms with Gasteiger partial charge in [-0.1, -0.05) is 0 Å². The Morgan fingerprint density at radius 2 is 2.06 bits per heavy atom. The van der Waals surface area contributed by atoms with Crippen LogP contribution in [0.4, 0.5) is 16.0 Å². The molecule has 1 aliphatic rings. The Kier molecular flexibility index (Phi) is 5.31. The average molecular weight is 469 g/mol. The van der Waals surface area contributed by atoms with Crippen LogP contribution in [0, 0.1) is 5.82 Å². The number of aliphatic hydroxyl groups is 1. The Labute approximate surface area is 196 Å². The zero-order valence-electron chi connectivity index (χ0n) is 19.7. The number of benzene rings is 1. The van der Waals surface area contributed by atoms with Gasteiger partial charge in [-0.25, -0.2) is 14.4 Å². The van der Waals surface area contributed by atoms with Gasteiger partial charge >= 0.3 is 0 Å². The predicted molar refractivity (Wildman–Crippen MR) is 127 cm³/mol. The summed E-state index contributed by atoms with van der Waals surface area (Å²) in [4.78, 5) is 11.4. The molecule has 0 unspecified atom stereocenters. The molecule has 0 aliphatic carbocycles. The SMILES string of the molecule is COc1cc2nc(N)n3nc([C@H]4CC[C@H](C)N(c5cnn(C(C)(C)CO)c5)C4)nc3c2cc1F. The number of aromatic nitrogens is 6. The van der Waals surface area contributed by atoms with Crippen LogP contribution in [0.1, 0.15) is 45.4 Å². The van der Waals surface area contributed by atoms with Crippen molar-refractivity contribution in [1.29, 1.82) is 0 Å². The minimum Gasteiger partial charge on any atom is -0.494 e. The van der Waals surface area contributed by atoms with Gasteiger partial charge in [-0.05, 0) is 39.7 Å². The largest absolute Gasteiger partial charge is 0.494 e. The van der Waals surface area contributed by atoms with Crippen LogP contribution in [-0.2, 0) is 5.54 Å². The summed E-state index contributed by atoms with van der Waals surface area (Å²) in [7, 11) is 1.41. The molecule has 3 aromatic heterocycles. The van der Waals surface area contributed by atoms with E-state index in [2.05, 4.69) is 27.0 Å². The quantitative estimate of drug-likeness (QED) is 0.459. The third-order valence-electron chi connectivity index (χ3n) is 6.74. The van der Waals surface area contributed by atoms with Crippen molar-refractivity contribution in [3.63, 3.8) is 0 Å². The topological polar surface area (TPSA) is 120 Å². The fraction of sp³-hybridized carbons (Fsp3) is 0.478. The Bertz CT molecular complexity index is 1360. The Balaban J connectivity index is 1.50. The first kappa shape index (κ1) is 22.3. The van der Waals surface area contributed by atoms with E-state index in [1.165, 1.54) is 23.8 Å². The molecular weight excluding hydrogens is 439 g/mol. The number of nitrogens with two attached hydrogens (primary N) is 1. The zero-order valence-corrected chi connectivity index (χ0v) is 19.7. The molecule has 1 saturated heterocycles. The van der Waals surface area contributed by atoms with E-state index in [4.69, 9.17) is 15.5 Å². The van der Waals surface area contributed by atoms with Crippen molar-refractivity contribution < 1.29 is 14.2 Å². The van der Waals surface area contributed by atoms with Crippen LogP contribution in [-0.4, -0.2) is 60.8 Å². The van der Waals surface area contributed by atoms with E-state index in [0.717, 1.165) is 18.5 Å². The molecule has 0 amide bonds. The monoisotopic (exact) mass is 468 g/mol. The summed E-state index contributed by atoms with van der Waals surface area (Å²) in [5.41, 5.74) is 7.64. The molecule has 0 spiro atoms. The highest BCUT2D eigenvalue weighted by Crippen LogP contribution is 2.34. The van der Waals surface area contributed by atoms with Crippen molar-refractivity contribution in [3.05, 3.63) is 36.2 Å². The number of hydrogen-bond donors (Lipinski definition) is 2. The van der Waals surface area contributed by atoms with Crippen LogP contribution in [0.2, 0.25) is 0 Å². The van der Waals surface area contributed by atoms with E-state index in [1.807, 2.05) is 26.2 Å². The summed E-state index contributed by atoms with van der Waals surface area (Å²) in [6, 6.07) is 3.20. The average Bonchev–Trinajstić information content (AvgIpc) is 3.48. The number of hydrogen-bond acceptors (Lipinski definition) is 8. The van der Waals surface area contributed by atoms with Crippen LogP contribution in [0.25, 0.3) is 16.6 Å². The molecule has 0 radical (unpaired) electrons. The van der Waals surface area contributed by atoms with E-state index < -0.39 is 11.4 Å². The summed E-state index contributed by atoms with van der Waals surface area (Å²) in [5.74, 6) is 0.502. The van der Waals surface area contributed by atoms with Gasteiger partial charge in [0.2, 0.25) is 5.95 Å². The molecule has 2 atom stereocenters. The lowest BCUT2D eigenvalue weighted by Gasteiger charge is -2.38. The molecule has 11 heteroatoms. The van der Waals surface area contributed by atoms with Gasteiger partial charge in [0.1, 0.15) is 0 Å². The van der Waals surface area contributed by atoms with Crippen LogP contribution >= 0.6 is 0 Å². The second-order valence-corrected chi connectivity index (χ2v) is 9.57. The van der Waals surface area contributed by atoms with Crippen LogP contribution in [0.5, 0.6) is 5.75 Å². The lowest BCUT2D eigenvalue weighted by molar-refractivity contribution is 0.152. The summed E-state index contributed by atoms with van der Waals surface area (Å²) < 4.78 is 22.8. The molecule has 5 rings (SSSR count). The maximum atomic E-state index is 14.4. The normalized spacial score (nSPS) is 19.3. The lowest BCUT2D eigenvalue weighted by Crippen LogP contribution is -2.41. The second kappa shape index (κ2) is 8.08. The van der Waals surface area contributed by atoms with Gasteiger partial charge in [0, 0.05) is 36.2 Å². The molecule has 0 saturated carbocycles. The number of piperidine rings is 1. The highest BCUT2D eigenvalue weighted by Gasteiger charge is 2.31. The molecule has 10 nitrogen and oxygen atoms in total. The predicted octanol–water partition coefficient (Wildman–Crippen LogP) is 2.70. The van der Waals surface area contributed by atoms with Crippen LogP contribution in [0.3, 0.4) is 0 Å². The molecule has 1 aliphatic heterocycles. The first-order valence-electron chi connectivity index (χ1n) is 11.3. The summed E-state index contributed by atoms with van der Waals surface area (Å²) in [6.45, 7) is 6.76. The van der Waals surface area contributed by atoms with Gasteiger partial charge < -0.3 is 20.5 Å². The fourth-order valence-electron chi connectivity index (χ4n) is 4.52. The van der Waals surface area contributed by atoms with Crippen LogP contribution < -0.4 is 15.4 Å². The smallest absolute Gasteiger partial charge is 0.223 e. The number of nitrogens with zero attached hydrogens (tertiary/aromatic N) is 7. The van der Waals surface area contributed by atoms with E-state index in [0.29, 0.717) is 35.0 Å². The molecular formula is C23H29FN8O2. The van der Waals surface area contributed by atoms with Crippen molar-refractivity contribution in [2.75, 3.05) is 30.9 Å². The number of methoxy groups -OCH3 is 1. The summed E-state index contributed by atoms with van der Waals surface area (Å²) in [6.07, 6.45) is 5.67. The zero-order chi connectivity index (χ0) is 24.2. The number of rotatable bonds is 5. The molecule has 1 fully saturated rings. The van der Waals surface area contributed by atoms with Gasteiger partial charge in [-0.15, -0.1) is 5.10 Å². The van der Waals surface area contributed by atoms with E-state index in [-0.39, 0.29) is 24.2 Å². The van der Waals surface area contributed by atoms with Crippen molar-refractivity contribution in [2.45, 2.75) is 51.1 Å². The minimum absolute atomic E-state index is 0.00660. The summed E-state index contributed by atoms with van der Waals surface area (Å²) in [5, 5.41) is 19.3. The van der Waals surface area contributed by atoms with E-state index in [1.54, 1.807) is 4.68 Å². The van der Waals surface area contributed by atoms with Gasteiger partial charge in [0.25, 0.3) is 0 Å². The number of aliphatic hydroxyl groups excluding tert-OH is 1. The van der Waals surface area contributed by atoms with Gasteiger partial charge in [-0.2, -0.15) is 9.61 Å². The number of nitrogen functional groups attached to an aromatic ring is 1. The molecule has 4 aromatic rings. The molecule has 1 aromatic carbocycles. The van der Waals surface area contributed by atoms with E-state index in [9.17, 15) is 9.50 Å². The van der Waals surface area contributed by atoms with Crippen molar-refractivity contribution in [2.24, 2.45) is 0 Å². The Morgan fingerprint density at radius 1 is 1.26 bits per heavy atom. The third-order valence-corrected chi connectivity index (χ3v) is 6.74. The molecule has 34 heavy (non-hydrogen) atoms. The third kappa shape index (κ3) is 3.60. The Morgan fingerprint density at radius 3 is 2.79 bits per heavy atom. The van der Waals surface area contributed by atoms with Crippen molar-refractivity contribution in [3.8, 4) is 5.75 Å². The molecule has 0 bridgehead atoms. The molecule has 3 N–H and O–H groups in total. The maximum absolute atomic E-state index is 14.4. The number of ether oxygens (including phenoxy) is 1. The first-order chi connectivity index (χ1) is 16.2. The van der Waals surface area contributed by atoms with Crippen LogP contribution in [0.15, 0.2) is 24.5 Å². The Hall–Kier alpha value is -3.47. The van der Waals surface area contributed by atoms with E-state index >= 15 is 0 Å². The maximum Gasteiger partial charge on any atom is 0.223 e. The second-order valence-electron chi connectivity index (χ2n) is 9.57. The number of halogens is 1. The number of anilines is 2. The highest BCUT2D eigenvalue weighted by molar-refractivity contribution is 5.93. The fourth-order valence-corrected chi connectivity index (χ4v) is 4.52. The standard InChI is InChI=1S/C23H29FN8O2/c1-13-5-6-14(10-30(13)15-9-26-31(11-15)23(2,3)12-33)20-28-21-16-7-17(24)19(34-4)8-18(16)27-22(25)32(21)29-20/h7-9,11,13-14,33H,5-6,10,12H2,1-4H3,(H2,25,27)/t13-,14-/m0/s1. The molecule has 4 heterocycles. The van der Waals surface area contributed by atoms with Crippen molar-refractivity contribution in [1.82, 2.24) is 29.4 Å². The van der Waals surface area contributed by atoms with Gasteiger partial charge in [0.05, 0.1) is 36.7 Å².